The summed E-state index contributed by atoms with van der Waals surface area (Å²) in [6, 6.07) is 9.27. The predicted molar refractivity (Wildman–Crippen MR) is 149 cm³/mol. The van der Waals surface area contributed by atoms with E-state index in [0.29, 0.717) is 47.4 Å². The Morgan fingerprint density at radius 3 is 2.38 bits per heavy atom. The normalized spacial score (nSPS) is 33.3. The van der Waals surface area contributed by atoms with E-state index in [-0.39, 0.29) is 34.0 Å². The number of hydrogen-bond donors (Lipinski definition) is 1. The molecule has 4 aliphatic carbocycles. The first-order valence-electron chi connectivity index (χ1n) is 14.9. The lowest BCUT2D eigenvalue weighted by Crippen LogP contribution is -2.52. The van der Waals surface area contributed by atoms with E-state index in [1.165, 1.54) is 6.07 Å². The van der Waals surface area contributed by atoms with Gasteiger partial charge in [0.25, 0.3) is 0 Å². The van der Waals surface area contributed by atoms with Crippen LogP contribution in [0.25, 0.3) is 16.7 Å². The minimum atomic E-state index is -1.50. The monoisotopic (exact) mass is 549 g/mol. The third kappa shape index (κ3) is 3.92. The number of carbonyl (C=O) groups excluding carboxylic acids is 2. The maximum Gasteiger partial charge on any atom is 0.223 e. The summed E-state index contributed by atoms with van der Waals surface area (Å²) >= 11 is 0. The molecule has 0 aromatic heterocycles. The highest BCUT2D eigenvalue weighted by Crippen LogP contribution is 2.67. The third-order valence-corrected chi connectivity index (χ3v) is 11.3. The summed E-state index contributed by atoms with van der Waals surface area (Å²) in [5.41, 5.74) is 2.60. The number of amides is 1. The van der Waals surface area contributed by atoms with Gasteiger partial charge in [-0.15, -0.1) is 0 Å². The highest BCUT2D eigenvalue weighted by molar-refractivity contribution is 6.24. The average molecular weight is 550 g/mol. The summed E-state index contributed by atoms with van der Waals surface area (Å²) < 4.78 is 43.0. The Balaban J connectivity index is 1.41. The zero-order valence-electron chi connectivity index (χ0n) is 23.6. The van der Waals surface area contributed by atoms with Crippen LogP contribution in [0.2, 0.25) is 0 Å². The molecular formula is C34H38F3NO2. The zero-order valence-corrected chi connectivity index (χ0v) is 23.6. The number of nitrogens with one attached hydrogen (secondary N) is 1. The molecule has 2 aromatic carbocycles. The molecule has 212 valence electrons. The van der Waals surface area contributed by atoms with Crippen molar-refractivity contribution in [1.29, 1.82) is 0 Å². The van der Waals surface area contributed by atoms with Crippen molar-refractivity contribution in [3.05, 3.63) is 65.0 Å². The van der Waals surface area contributed by atoms with Gasteiger partial charge in [-0.05, 0) is 104 Å². The molecule has 6 rings (SSSR count). The third-order valence-electron chi connectivity index (χ3n) is 11.3. The second-order valence-electron chi connectivity index (χ2n) is 12.9. The van der Waals surface area contributed by atoms with Crippen LogP contribution in [-0.2, 0) is 9.59 Å². The Morgan fingerprint density at radius 1 is 0.875 bits per heavy atom. The number of Topliss-reactive ketones (excluding diaryl/α,β-unsaturated/α-hetero) is 1. The van der Waals surface area contributed by atoms with Crippen LogP contribution in [0.4, 0.5) is 13.2 Å². The maximum absolute atomic E-state index is 15.0. The number of fused-ring (bicyclic) bond motifs is 5. The van der Waals surface area contributed by atoms with E-state index in [0.717, 1.165) is 56.6 Å². The SMILES string of the molecule is CCNC(=O)C1CC[C@H]2[C@@H]3CCC4=C(c5ccccc5-c5ccc(F)c(F)c5F)C(=O)CC[C@]4(C)[C@H]3CC[C@]12C. The number of benzene rings is 2. The standard InChI is InChI=1S/C34H38F3NO2/c1-4-38-32(40)26-13-12-23-22-9-11-25-29(28(39)16-18-33(25,2)24(22)15-17-34(23,26)3)20-8-6-5-7-19(20)21-10-14-27(35)31(37)30(21)36/h5-8,10,14,22-24,26H,4,9,11-13,15-18H2,1-3H3,(H,38,40)/t22-,23-,24-,26?,33+,34-/m0/s1. The first-order valence-corrected chi connectivity index (χ1v) is 14.9. The van der Waals surface area contributed by atoms with Gasteiger partial charge in [-0.25, -0.2) is 13.2 Å². The second-order valence-corrected chi connectivity index (χ2v) is 12.9. The van der Waals surface area contributed by atoms with Crippen molar-refractivity contribution in [2.24, 2.45) is 34.5 Å². The van der Waals surface area contributed by atoms with Gasteiger partial charge in [0.15, 0.2) is 23.2 Å². The Hall–Kier alpha value is -2.89. The highest BCUT2D eigenvalue weighted by atomic mass is 19.2. The van der Waals surface area contributed by atoms with Crippen molar-refractivity contribution in [2.75, 3.05) is 6.54 Å². The van der Waals surface area contributed by atoms with Crippen molar-refractivity contribution < 1.29 is 22.8 Å². The molecule has 6 heteroatoms. The topological polar surface area (TPSA) is 46.2 Å². The molecule has 40 heavy (non-hydrogen) atoms. The van der Waals surface area contributed by atoms with Crippen LogP contribution < -0.4 is 5.32 Å². The van der Waals surface area contributed by atoms with Gasteiger partial charge in [0, 0.05) is 30.0 Å². The molecule has 3 fully saturated rings. The fourth-order valence-corrected chi connectivity index (χ4v) is 9.43. The lowest BCUT2D eigenvalue weighted by Gasteiger charge is -2.58. The van der Waals surface area contributed by atoms with Crippen LogP contribution in [0.1, 0.15) is 77.7 Å². The maximum atomic E-state index is 15.0. The largest absolute Gasteiger partial charge is 0.356 e. The average Bonchev–Trinajstić information content (AvgIpc) is 3.30. The molecule has 4 aliphatic rings. The lowest BCUT2D eigenvalue weighted by atomic mass is 9.46. The number of halogens is 3. The minimum Gasteiger partial charge on any atom is -0.356 e. The van der Waals surface area contributed by atoms with Gasteiger partial charge in [-0.1, -0.05) is 43.7 Å². The van der Waals surface area contributed by atoms with Crippen molar-refractivity contribution in [2.45, 2.75) is 72.1 Å². The summed E-state index contributed by atoms with van der Waals surface area (Å²) in [6.45, 7) is 7.27. The number of allylic oxidation sites excluding steroid dienone is 1. The predicted octanol–water partition coefficient (Wildman–Crippen LogP) is 7.88. The number of carbonyl (C=O) groups is 2. The molecule has 3 saturated carbocycles. The van der Waals surface area contributed by atoms with Gasteiger partial charge in [0.2, 0.25) is 5.91 Å². The van der Waals surface area contributed by atoms with E-state index < -0.39 is 17.5 Å². The molecule has 6 atom stereocenters. The first kappa shape index (κ1) is 27.3. The van der Waals surface area contributed by atoms with Crippen LogP contribution in [0.15, 0.2) is 42.0 Å². The summed E-state index contributed by atoms with van der Waals surface area (Å²) in [4.78, 5) is 26.6. The zero-order chi connectivity index (χ0) is 28.4. The van der Waals surface area contributed by atoms with Crippen molar-refractivity contribution in [3.63, 3.8) is 0 Å². The van der Waals surface area contributed by atoms with E-state index in [2.05, 4.69) is 19.2 Å². The molecule has 0 heterocycles. The fraction of sp³-hybridized carbons (Fsp3) is 0.529. The van der Waals surface area contributed by atoms with Gasteiger partial charge in [0.05, 0.1) is 0 Å². The fourth-order valence-electron chi connectivity index (χ4n) is 9.43. The molecule has 0 radical (unpaired) electrons. The van der Waals surface area contributed by atoms with Crippen LogP contribution in [0.5, 0.6) is 0 Å². The summed E-state index contributed by atoms with van der Waals surface area (Å²) in [5.74, 6) is -2.27. The molecule has 0 saturated heterocycles. The second kappa shape index (κ2) is 9.88. The van der Waals surface area contributed by atoms with Gasteiger partial charge >= 0.3 is 0 Å². The van der Waals surface area contributed by atoms with Gasteiger partial charge < -0.3 is 5.32 Å². The highest BCUT2D eigenvalue weighted by Gasteiger charge is 2.60. The van der Waals surface area contributed by atoms with E-state index in [4.69, 9.17) is 0 Å². The van der Waals surface area contributed by atoms with Gasteiger partial charge in [0.1, 0.15) is 0 Å². The molecule has 1 unspecified atom stereocenters. The Kier molecular flexibility index (Phi) is 6.74. The van der Waals surface area contributed by atoms with Crippen molar-refractivity contribution >= 4 is 17.3 Å². The molecular weight excluding hydrogens is 511 g/mol. The smallest absolute Gasteiger partial charge is 0.223 e. The minimum absolute atomic E-state index is 0.00208. The van der Waals surface area contributed by atoms with Crippen molar-refractivity contribution in [1.82, 2.24) is 5.32 Å². The molecule has 2 aromatic rings. The Bertz CT molecular complexity index is 1420. The van der Waals surface area contributed by atoms with Gasteiger partial charge in [-0.2, -0.15) is 0 Å². The number of hydrogen-bond acceptors (Lipinski definition) is 2. The first-order chi connectivity index (χ1) is 19.1. The summed E-state index contributed by atoms with van der Waals surface area (Å²) in [5, 5.41) is 3.07. The van der Waals surface area contributed by atoms with E-state index in [1.807, 2.05) is 19.1 Å². The molecule has 1 N–H and O–H groups in total. The van der Waals surface area contributed by atoms with Crippen LogP contribution >= 0.6 is 0 Å². The van der Waals surface area contributed by atoms with E-state index in [9.17, 15) is 22.8 Å². The van der Waals surface area contributed by atoms with Crippen LogP contribution in [0, 0.1) is 52.0 Å². The molecule has 0 bridgehead atoms. The molecule has 0 aliphatic heterocycles. The Labute approximate surface area is 234 Å². The number of rotatable bonds is 4. The molecule has 3 nitrogen and oxygen atoms in total. The summed E-state index contributed by atoms with van der Waals surface area (Å²) in [6.07, 6.45) is 6.98. The Morgan fingerprint density at radius 2 is 1.62 bits per heavy atom. The van der Waals surface area contributed by atoms with E-state index in [1.54, 1.807) is 12.1 Å². The number of ketones is 1. The lowest BCUT2D eigenvalue weighted by molar-refractivity contribution is -0.132. The van der Waals surface area contributed by atoms with E-state index >= 15 is 0 Å². The van der Waals surface area contributed by atoms with Crippen molar-refractivity contribution in [3.8, 4) is 11.1 Å². The van der Waals surface area contributed by atoms with Crippen LogP contribution in [-0.4, -0.2) is 18.2 Å². The summed E-state index contributed by atoms with van der Waals surface area (Å²) in [7, 11) is 0. The molecule has 1 amide bonds. The molecule has 0 spiro atoms. The quantitative estimate of drug-likeness (QED) is 0.394. The van der Waals surface area contributed by atoms with Gasteiger partial charge in [-0.3, -0.25) is 9.59 Å². The van der Waals surface area contributed by atoms with Crippen LogP contribution in [0.3, 0.4) is 0 Å².